The predicted molar refractivity (Wildman–Crippen MR) is 119 cm³/mol. The maximum atomic E-state index is 6.16. The van der Waals surface area contributed by atoms with Crippen LogP contribution < -0.4 is 10.5 Å². The molecule has 1 aliphatic carbocycles. The summed E-state index contributed by atoms with van der Waals surface area (Å²) in [4.78, 5) is 2.61. The highest BCUT2D eigenvalue weighted by Crippen LogP contribution is 2.27. The average Bonchev–Trinajstić information content (AvgIpc) is 2.76. The Hall–Kier alpha value is -2.62. The third-order valence-corrected chi connectivity index (χ3v) is 5.75. The Morgan fingerprint density at radius 3 is 2.00 bits per heavy atom. The number of benzene rings is 3. The van der Waals surface area contributed by atoms with Crippen LogP contribution in [0, 0.1) is 0 Å². The van der Waals surface area contributed by atoms with Crippen molar-refractivity contribution in [1.82, 2.24) is 4.90 Å². The van der Waals surface area contributed by atoms with E-state index in [1.807, 2.05) is 36.4 Å². The standard InChI is InChI=1S/C26H30N2O/c27-23-14-16-24(17-15-23)28(19-21-8-3-1-4-9-21)20-22-10-7-13-26(18-22)29-25-11-5-2-6-12-25/h1-13,18,23-24H,14-17,19-20,27H2. The van der Waals surface area contributed by atoms with Gasteiger partial charge in [0.25, 0.3) is 0 Å². The Morgan fingerprint density at radius 1 is 0.690 bits per heavy atom. The molecule has 0 bridgehead atoms. The lowest BCUT2D eigenvalue weighted by Crippen LogP contribution is -2.40. The molecule has 0 radical (unpaired) electrons. The smallest absolute Gasteiger partial charge is 0.127 e. The van der Waals surface area contributed by atoms with Crippen molar-refractivity contribution in [1.29, 1.82) is 0 Å². The van der Waals surface area contributed by atoms with Gasteiger partial charge in [-0.25, -0.2) is 0 Å². The molecule has 0 saturated heterocycles. The Kier molecular flexibility index (Phi) is 6.60. The van der Waals surface area contributed by atoms with Gasteiger partial charge in [0.15, 0.2) is 0 Å². The number of nitrogens with zero attached hydrogens (tertiary/aromatic N) is 1. The molecule has 0 heterocycles. The molecule has 0 aliphatic heterocycles. The fraction of sp³-hybridized carbons (Fsp3) is 0.308. The van der Waals surface area contributed by atoms with Crippen LogP contribution in [0.25, 0.3) is 0 Å². The van der Waals surface area contributed by atoms with Gasteiger partial charge < -0.3 is 10.5 Å². The first-order valence-electron chi connectivity index (χ1n) is 10.6. The lowest BCUT2D eigenvalue weighted by Gasteiger charge is -2.36. The highest BCUT2D eigenvalue weighted by Gasteiger charge is 2.24. The quantitative estimate of drug-likeness (QED) is 0.562. The number of nitrogens with two attached hydrogens (primary N) is 1. The second kappa shape index (κ2) is 9.73. The summed E-state index contributed by atoms with van der Waals surface area (Å²) in [6.07, 6.45) is 4.59. The second-order valence-electron chi connectivity index (χ2n) is 8.02. The van der Waals surface area contributed by atoms with E-state index in [9.17, 15) is 0 Å². The first-order valence-corrected chi connectivity index (χ1v) is 10.6. The van der Waals surface area contributed by atoms with E-state index in [4.69, 9.17) is 10.5 Å². The number of para-hydroxylation sites is 1. The summed E-state index contributed by atoms with van der Waals surface area (Å²) in [6, 6.07) is 30.2. The number of hydrogen-bond acceptors (Lipinski definition) is 3. The molecule has 0 amide bonds. The molecule has 3 heteroatoms. The molecule has 2 N–H and O–H groups in total. The van der Waals surface area contributed by atoms with E-state index >= 15 is 0 Å². The normalized spacial score (nSPS) is 19.2. The summed E-state index contributed by atoms with van der Waals surface area (Å²) in [7, 11) is 0. The lowest BCUT2D eigenvalue weighted by atomic mass is 9.90. The van der Waals surface area contributed by atoms with Crippen molar-refractivity contribution in [2.45, 2.75) is 50.9 Å². The van der Waals surface area contributed by atoms with E-state index in [-0.39, 0.29) is 0 Å². The maximum Gasteiger partial charge on any atom is 0.127 e. The monoisotopic (exact) mass is 386 g/mol. The SMILES string of the molecule is NC1CCC(N(Cc2ccccc2)Cc2cccc(Oc3ccccc3)c2)CC1. The minimum atomic E-state index is 0.368. The van der Waals surface area contributed by atoms with Gasteiger partial charge in [-0.1, -0.05) is 60.7 Å². The van der Waals surface area contributed by atoms with Gasteiger partial charge in [-0.15, -0.1) is 0 Å². The molecule has 1 saturated carbocycles. The first-order chi connectivity index (χ1) is 14.3. The van der Waals surface area contributed by atoms with Crippen LogP contribution in [0.5, 0.6) is 11.5 Å². The van der Waals surface area contributed by atoms with Crippen molar-refractivity contribution >= 4 is 0 Å². The van der Waals surface area contributed by atoms with E-state index in [1.165, 1.54) is 24.0 Å². The Labute approximate surface area is 174 Å². The minimum Gasteiger partial charge on any atom is -0.457 e. The molecule has 1 fully saturated rings. The van der Waals surface area contributed by atoms with E-state index in [0.717, 1.165) is 37.4 Å². The van der Waals surface area contributed by atoms with Crippen LogP contribution in [0.2, 0.25) is 0 Å². The maximum absolute atomic E-state index is 6.16. The zero-order valence-electron chi connectivity index (χ0n) is 16.9. The zero-order chi connectivity index (χ0) is 19.9. The molecule has 3 aromatic carbocycles. The van der Waals surface area contributed by atoms with Gasteiger partial charge in [-0.2, -0.15) is 0 Å². The Morgan fingerprint density at radius 2 is 1.28 bits per heavy atom. The molecule has 0 spiro atoms. The average molecular weight is 387 g/mol. The van der Waals surface area contributed by atoms with E-state index in [2.05, 4.69) is 53.4 Å². The fourth-order valence-electron chi connectivity index (χ4n) is 4.17. The predicted octanol–water partition coefficient (Wildman–Crippen LogP) is 5.75. The van der Waals surface area contributed by atoms with Crippen LogP contribution >= 0.6 is 0 Å². The Bertz CT molecular complexity index is 873. The van der Waals surface area contributed by atoms with Gasteiger partial charge in [-0.05, 0) is 61.1 Å². The zero-order valence-corrected chi connectivity index (χ0v) is 16.9. The molecular formula is C26H30N2O. The molecule has 4 rings (SSSR count). The topological polar surface area (TPSA) is 38.5 Å². The van der Waals surface area contributed by atoms with Crippen molar-refractivity contribution < 1.29 is 4.74 Å². The van der Waals surface area contributed by atoms with Gasteiger partial charge in [0.05, 0.1) is 0 Å². The highest BCUT2D eigenvalue weighted by molar-refractivity contribution is 5.34. The van der Waals surface area contributed by atoms with Crippen LogP contribution in [-0.2, 0) is 13.1 Å². The van der Waals surface area contributed by atoms with E-state index in [1.54, 1.807) is 0 Å². The fourth-order valence-corrected chi connectivity index (χ4v) is 4.17. The second-order valence-corrected chi connectivity index (χ2v) is 8.02. The molecule has 150 valence electrons. The number of ether oxygens (including phenoxy) is 1. The van der Waals surface area contributed by atoms with E-state index in [0.29, 0.717) is 12.1 Å². The molecule has 0 atom stereocenters. The largest absolute Gasteiger partial charge is 0.457 e. The van der Waals surface area contributed by atoms with Crippen molar-refractivity contribution in [2.75, 3.05) is 0 Å². The first kappa shape index (κ1) is 19.7. The minimum absolute atomic E-state index is 0.368. The van der Waals surface area contributed by atoms with Crippen LogP contribution in [0.15, 0.2) is 84.9 Å². The molecule has 0 aromatic heterocycles. The molecule has 3 aromatic rings. The van der Waals surface area contributed by atoms with Gasteiger partial charge in [0, 0.05) is 25.2 Å². The van der Waals surface area contributed by atoms with Crippen molar-refractivity contribution in [3.8, 4) is 11.5 Å². The summed E-state index contributed by atoms with van der Waals surface area (Å²) in [5.41, 5.74) is 8.80. The number of hydrogen-bond donors (Lipinski definition) is 1. The van der Waals surface area contributed by atoms with Crippen molar-refractivity contribution in [3.63, 3.8) is 0 Å². The van der Waals surface area contributed by atoms with E-state index < -0.39 is 0 Å². The van der Waals surface area contributed by atoms with Gasteiger partial charge >= 0.3 is 0 Å². The highest BCUT2D eigenvalue weighted by atomic mass is 16.5. The van der Waals surface area contributed by atoms with Crippen LogP contribution in [0.4, 0.5) is 0 Å². The van der Waals surface area contributed by atoms with Gasteiger partial charge in [0.2, 0.25) is 0 Å². The summed E-state index contributed by atoms with van der Waals surface area (Å²) in [6.45, 7) is 1.88. The molecule has 1 aliphatic rings. The third kappa shape index (κ3) is 5.69. The van der Waals surface area contributed by atoms with Crippen molar-refractivity contribution in [3.05, 3.63) is 96.1 Å². The molecule has 3 nitrogen and oxygen atoms in total. The Balaban J connectivity index is 1.50. The van der Waals surface area contributed by atoms with Crippen LogP contribution in [-0.4, -0.2) is 17.0 Å². The molecule has 29 heavy (non-hydrogen) atoms. The van der Waals surface area contributed by atoms with Gasteiger partial charge in [-0.3, -0.25) is 4.90 Å². The summed E-state index contributed by atoms with van der Waals surface area (Å²) < 4.78 is 6.04. The van der Waals surface area contributed by atoms with Crippen molar-refractivity contribution in [2.24, 2.45) is 5.73 Å². The summed E-state index contributed by atoms with van der Waals surface area (Å²) in [5, 5.41) is 0. The lowest BCUT2D eigenvalue weighted by molar-refractivity contribution is 0.134. The van der Waals surface area contributed by atoms with Gasteiger partial charge in [0.1, 0.15) is 11.5 Å². The third-order valence-electron chi connectivity index (χ3n) is 5.75. The van der Waals surface area contributed by atoms with Crippen LogP contribution in [0.1, 0.15) is 36.8 Å². The number of rotatable bonds is 7. The summed E-state index contributed by atoms with van der Waals surface area (Å²) in [5.74, 6) is 1.76. The van der Waals surface area contributed by atoms with Crippen LogP contribution in [0.3, 0.4) is 0 Å². The molecular weight excluding hydrogens is 356 g/mol. The summed E-state index contributed by atoms with van der Waals surface area (Å²) >= 11 is 0. The molecule has 0 unspecified atom stereocenters.